The minimum Gasteiger partial charge on any atom is -0.441 e. The number of aromatic nitrogens is 1. The van der Waals surface area contributed by atoms with Crippen LogP contribution in [-0.4, -0.2) is 22.7 Å². The Bertz CT molecular complexity index is 1180. The number of carbonyl (C=O) groups excluding carboxylic acids is 1. The molecule has 0 fully saturated rings. The van der Waals surface area contributed by atoms with Crippen molar-refractivity contribution in [1.82, 2.24) is 4.98 Å². The van der Waals surface area contributed by atoms with Gasteiger partial charge in [-0.3, -0.25) is 14.8 Å². The van der Waals surface area contributed by atoms with E-state index in [0.29, 0.717) is 30.7 Å². The van der Waals surface area contributed by atoms with Gasteiger partial charge in [0.2, 0.25) is 0 Å². The Morgan fingerprint density at radius 1 is 1.20 bits per heavy atom. The summed E-state index contributed by atoms with van der Waals surface area (Å²) in [7, 11) is 0. The predicted octanol–water partition coefficient (Wildman–Crippen LogP) is 6.04. The van der Waals surface area contributed by atoms with Crippen molar-refractivity contribution >= 4 is 44.7 Å². The minimum atomic E-state index is -0.0173. The summed E-state index contributed by atoms with van der Waals surface area (Å²) in [5.41, 5.74) is 5.07. The molecule has 0 saturated heterocycles. The first-order chi connectivity index (χ1) is 14.5. The number of oxazole rings is 1. The third kappa shape index (κ3) is 4.65. The summed E-state index contributed by atoms with van der Waals surface area (Å²) in [4.78, 5) is 26.0. The second kappa shape index (κ2) is 8.88. The molecular formula is C24H22BrN3O2. The lowest BCUT2D eigenvalue weighted by atomic mass is 9.96. The molecule has 2 aromatic carbocycles. The van der Waals surface area contributed by atoms with Crippen molar-refractivity contribution in [3.63, 3.8) is 0 Å². The lowest BCUT2D eigenvalue weighted by Crippen LogP contribution is -2.12. The van der Waals surface area contributed by atoms with E-state index in [0.717, 1.165) is 32.5 Å². The summed E-state index contributed by atoms with van der Waals surface area (Å²) < 4.78 is 6.80. The number of ketones is 1. The number of Topliss-reactive ketones (excluding diaryl/α,β-unsaturated/α-hetero) is 1. The molecule has 1 aliphatic heterocycles. The first-order valence-electron chi connectivity index (χ1n) is 9.91. The Kier molecular flexibility index (Phi) is 6.04. The monoisotopic (exact) mass is 463 g/mol. The zero-order valence-corrected chi connectivity index (χ0v) is 18.5. The van der Waals surface area contributed by atoms with Gasteiger partial charge in [-0.25, -0.2) is 4.98 Å². The van der Waals surface area contributed by atoms with Crippen LogP contribution in [0, 0.1) is 0 Å². The Morgan fingerprint density at radius 2 is 2.00 bits per heavy atom. The molecule has 6 heteroatoms. The highest BCUT2D eigenvalue weighted by atomic mass is 79.9. The van der Waals surface area contributed by atoms with E-state index in [-0.39, 0.29) is 11.8 Å². The van der Waals surface area contributed by atoms with Crippen molar-refractivity contribution in [3.05, 3.63) is 75.7 Å². The van der Waals surface area contributed by atoms with Crippen molar-refractivity contribution in [2.24, 2.45) is 9.98 Å². The average molecular weight is 464 g/mol. The molecule has 1 unspecified atom stereocenters. The molecule has 152 valence electrons. The molecule has 5 nitrogen and oxygen atoms in total. The summed E-state index contributed by atoms with van der Waals surface area (Å²) in [6, 6.07) is 15.9. The Hall–Kier alpha value is -2.86. The summed E-state index contributed by atoms with van der Waals surface area (Å²) >= 11 is 3.45. The highest BCUT2D eigenvalue weighted by molar-refractivity contribution is 9.10. The van der Waals surface area contributed by atoms with Gasteiger partial charge in [-0.15, -0.1) is 0 Å². The third-order valence-corrected chi connectivity index (χ3v) is 5.56. The number of aliphatic imine (C=N–C) groups is 2. The number of hydrogen-bond acceptors (Lipinski definition) is 5. The molecule has 0 radical (unpaired) electrons. The zero-order chi connectivity index (χ0) is 21.1. The fourth-order valence-corrected chi connectivity index (χ4v) is 3.84. The standard InChI is InChI=1S/C24H22BrN3O2/c1-15(8-11-24-28-22-12-18(25)9-10-23(22)30-24)27-21-13-20(17-6-4-3-5-7-17)26-14-19(21)16(2)29/h3-7,9-10,12,14,20H,8,11,13H2,1-2H3. The summed E-state index contributed by atoms with van der Waals surface area (Å²) in [6.07, 6.45) is 3.65. The number of hydrogen-bond donors (Lipinski definition) is 0. The maximum Gasteiger partial charge on any atom is 0.195 e. The molecule has 30 heavy (non-hydrogen) atoms. The number of rotatable bonds is 6. The number of allylic oxidation sites excluding steroid dienone is 1. The van der Waals surface area contributed by atoms with Crippen molar-refractivity contribution in [1.29, 1.82) is 0 Å². The van der Waals surface area contributed by atoms with Gasteiger partial charge in [-0.1, -0.05) is 46.3 Å². The highest BCUT2D eigenvalue weighted by Crippen LogP contribution is 2.31. The van der Waals surface area contributed by atoms with E-state index in [1.165, 1.54) is 0 Å². The van der Waals surface area contributed by atoms with E-state index in [1.54, 1.807) is 13.1 Å². The van der Waals surface area contributed by atoms with Gasteiger partial charge < -0.3 is 4.42 Å². The maximum atomic E-state index is 12.1. The molecule has 2 heterocycles. The van der Waals surface area contributed by atoms with Gasteiger partial charge in [0.05, 0.1) is 17.3 Å². The number of benzene rings is 2. The summed E-state index contributed by atoms with van der Waals surface area (Å²) in [5.74, 6) is 0.673. The molecule has 1 atom stereocenters. The van der Waals surface area contributed by atoms with E-state index in [4.69, 9.17) is 9.41 Å². The van der Waals surface area contributed by atoms with Crippen LogP contribution in [-0.2, 0) is 11.2 Å². The van der Waals surface area contributed by atoms with Gasteiger partial charge in [0.25, 0.3) is 0 Å². The fourth-order valence-electron chi connectivity index (χ4n) is 3.49. The topological polar surface area (TPSA) is 67.8 Å². The normalized spacial score (nSPS) is 17.0. The second-order valence-corrected chi connectivity index (χ2v) is 8.31. The predicted molar refractivity (Wildman–Crippen MR) is 123 cm³/mol. The van der Waals surface area contributed by atoms with Crippen LogP contribution in [0.5, 0.6) is 0 Å². The number of carbonyl (C=O) groups is 1. The van der Waals surface area contributed by atoms with Crippen LogP contribution in [0.1, 0.15) is 44.2 Å². The quantitative estimate of drug-likeness (QED) is 0.418. The van der Waals surface area contributed by atoms with Crippen molar-refractivity contribution in [2.45, 2.75) is 39.2 Å². The lowest BCUT2D eigenvalue weighted by molar-refractivity contribution is -0.113. The number of nitrogens with zero attached hydrogens (tertiary/aromatic N) is 3. The maximum absolute atomic E-state index is 12.1. The van der Waals surface area contributed by atoms with Gasteiger partial charge in [0.15, 0.2) is 17.3 Å². The fraction of sp³-hybridized carbons (Fsp3) is 0.250. The number of halogens is 1. The summed E-state index contributed by atoms with van der Waals surface area (Å²) in [5, 5.41) is 0. The highest BCUT2D eigenvalue weighted by Gasteiger charge is 2.21. The molecule has 4 rings (SSSR count). The molecule has 0 spiro atoms. The number of aryl methyl sites for hydroxylation is 1. The van der Waals surface area contributed by atoms with E-state index in [2.05, 4.69) is 38.0 Å². The van der Waals surface area contributed by atoms with E-state index < -0.39 is 0 Å². The van der Waals surface area contributed by atoms with Crippen LogP contribution in [0.2, 0.25) is 0 Å². The molecule has 0 N–H and O–H groups in total. The molecule has 0 bridgehead atoms. The van der Waals surface area contributed by atoms with Crippen LogP contribution < -0.4 is 0 Å². The smallest absolute Gasteiger partial charge is 0.195 e. The molecular weight excluding hydrogens is 442 g/mol. The average Bonchev–Trinajstić information content (AvgIpc) is 3.14. The molecule has 1 aromatic heterocycles. The van der Waals surface area contributed by atoms with E-state index in [1.807, 2.05) is 43.3 Å². The van der Waals surface area contributed by atoms with Crippen LogP contribution in [0.25, 0.3) is 11.1 Å². The van der Waals surface area contributed by atoms with E-state index in [9.17, 15) is 4.79 Å². The number of fused-ring (bicyclic) bond motifs is 1. The Balaban J connectivity index is 1.51. The van der Waals surface area contributed by atoms with Crippen LogP contribution in [0.3, 0.4) is 0 Å². The summed E-state index contributed by atoms with van der Waals surface area (Å²) in [6.45, 7) is 3.54. The molecule has 0 aliphatic carbocycles. The third-order valence-electron chi connectivity index (χ3n) is 5.07. The molecule has 0 amide bonds. The van der Waals surface area contributed by atoms with Crippen molar-refractivity contribution in [3.8, 4) is 0 Å². The van der Waals surface area contributed by atoms with Gasteiger partial charge in [-0.05, 0) is 44.0 Å². The largest absolute Gasteiger partial charge is 0.441 e. The Morgan fingerprint density at radius 3 is 2.77 bits per heavy atom. The Labute approximate surface area is 183 Å². The van der Waals surface area contributed by atoms with Crippen LogP contribution in [0.15, 0.2) is 78.7 Å². The molecule has 3 aromatic rings. The second-order valence-electron chi connectivity index (χ2n) is 7.39. The lowest BCUT2D eigenvalue weighted by Gasteiger charge is -2.19. The van der Waals surface area contributed by atoms with Crippen molar-refractivity contribution < 1.29 is 9.21 Å². The van der Waals surface area contributed by atoms with Crippen molar-refractivity contribution in [2.75, 3.05) is 0 Å². The molecule has 0 saturated carbocycles. The zero-order valence-electron chi connectivity index (χ0n) is 16.9. The van der Waals surface area contributed by atoms with Gasteiger partial charge in [0.1, 0.15) is 5.52 Å². The van der Waals surface area contributed by atoms with E-state index >= 15 is 0 Å². The van der Waals surface area contributed by atoms with Crippen LogP contribution >= 0.6 is 15.9 Å². The minimum absolute atomic E-state index is 0.0126. The first-order valence-corrected chi connectivity index (χ1v) is 10.7. The van der Waals surface area contributed by atoms with Gasteiger partial charge in [0, 0.05) is 29.2 Å². The van der Waals surface area contributed by atoms with Gasteiger partial charge in [-0.2, -0.15) is 0 Å². The first kappa shape index (κ1) is 20.4. The number of dihydropyridines is 1. The van der Waals surface area contributed by atoms with Crippen LogP contribution in [0.4, 0.5) is 0 Å². The van der Waals surface area contributed by atoms with Gasteiger partial charge >= 0.3 is 0 Å². The SMILES string of the molecule is CC(=O)C1=C(N=C(C)CCc2nc3cc(Br)ccc3o2)CC(c2ccccc2)N=C1. The molecule has 1 aliphatic rings.